The Balaban J connectivity index is 1.89. The van der Waals surface area contributed by atoms with Crippen LogP contribution >= 0.6 is 11.8 Å². The molecule has 0 aromatic rings. The normalized spacial score (nSPS) is 34.3. The Morgan fingerprint density at radius 3 is 2.67 bits per heavy atom. The molecule has 3 heterocycles. The molecule has 0 radical (unpaired) electrons. The maximum atomic E-state index is 13.6. The zero-order valence-electron chi connectivity index (χ0n) is 18.4. The highest BCUT2D eigenvalue weighted by Gasteiger charge is 2.77. The number of hydrogen-bond donors (Lipinski definition) is 2. The monoisotopic (exact) mass is 440 g/mol. The van der Waals surface area contributed by atoms with Gasteiger partial charge in [-0.1, -0.05) is 19.8 Å². The molecule has 3 saturated heterocycles. The zero-order chi connectivity index (χ0) is 21.9. The fraction of sp³-hybridized carbons (Fsp3) is 0.864. The molecule has 5 atom stereocenters. The molecule has 2 bridgehead atoms. The fourth-order valence-corrected chi connectivity index (χ4v) is 7.98. The van der Waals surface area contributed by atoms with Crippen molar-refractivity contribution in [3.05, 3.63) is 0 Å². The van der Waals surface area contributed by atoms with E-state index in [1.165, 1.54) is 0 Å². The van der Waals surface area contributed by atoms with Gasteiger partial charge in [-0.15, -0.1) is 11.8 Å². The summed E-state index contributed by atoms with van der Waals surface area (Å²) >= 11 is 1.67. The van der Waals surface area contributed by atoms with Gasteiger partial charge in [0.05, 0.1) is 23.2 Å². The Morgan fingerprint density at radius 1 is 1.23 bits per heavy atom. The summed E-state index contributed by atoms with van der Waals surface area (Å²) in [5.41, 5.74) is 0. The van der Waals surface area contributed by atoms with Crippen molar-refractivity contribution in [3.8, 4) is 0 Å². The number of aliphatic hydroxyl groups is 1. The second-order valence-corrected chi connectivity index (χ2v) is 10.8. The van der Waals surface area contributed by atoms with E-state index in [-0.39, 0.29) is 35.7 Å². The molecule has 3 rings (SSSR count). The summed E-state index contributed by atoms with van der Waals surface area (Å²) in [5.74, 6) is -1.54. The van der Waals surface area contributed by atoms with Gasteiger partial charge >= 0.3 is 5.97 Å². The standard InChI is InChI=1S/C22H36N2O5S/c1-4-6-7-12-23-18(26)17-22-11-10-21(3,30-22)16(20(28)29-5-2)15(22)19(27)24(17)13-8-9-14-25/h15-17,25H,4-14H2,1-3H3,(H,23,26)/t15-,16-,17?,21+,22?/m0/s1. The van der Waals surface area contributed by atoms with E-state index in [0.29, 0.717) is 25.9 Å². The molecule has 0 aliphatic carbocycles. The first-order chi connectivity index (χ1) is 14.4. The van der Waals surface area contributed by atoms with Gasteiger partial charge in [0.25, 0.3) is 0 Å². The van der Waals surface area contributed by atoms with E-state index in [0.717, 1.165) is 32.1 Å². The Bertz CT molecular complexity index is 674. The number of nitrogens with one attached hydrogen (secondary N) is 1. The van der Waals surface area contributed by atoms with Gasteiger partial charge in [0.2, 0.25) is 11.8 Å². The van der Waals surface area contributed by atoms with E-state index in [1.807, 2.05) is 6.92 Å². The number of fused-ring (bicyclic) bond motifs is 1. The van der Waals surface area contributed by atoms with Gasteiger partial charge in [0.15, 0.2) is 0 Å². The first-order valence-electron chi connectivity index (χ1n) is 11.4. The number of hydrogen-bond acceptors (Lipinski definition) is 6. The molecule has 1 spiro atoms. The third-order valence-corrected chi connectivity index (χ3v) is 8.94. The van der Waals surface area contributed by atoms with Crippen molar-refractivity contribution < 1.29 is 24.2 Å². The first-order valence-corrected chi connectivity index (χ1v) is 12.2. The molecule has 2 unspecified atom stereocenters. The summed E-state index contributed by atoms with van der Waals surface area (Å²) in [7, 11) is 0. The van der Waals surface area contributed by atoms with Gasteiger partial charge in [-0.3, -0.25) is 14.4 Å². The van der Waals surface area contributed by atoms with E-state index >= 15 is 0 Å². The first kappa shape index (κ1) is 23.4. The largest absolute Gasteiger partial charge is 0.466 e. The van der Waals surface area contributed by atoms with Crippen LogP contribution in [0.4, 0.5) is 0 Å². The average molecular weight is 441 g/mol. The van der Waals surface area contributed by atoms with Crippen LogP contribution in [-0.2, 0) is 19.1 Å². The van der Waals surface area contributed by atoms with Gasteiger partial charge in [-0.25, -0.2) is 0 Å². The maximum Gasteiger partial charge on any atom is 0.311 e. The topological polar surface area (TPSA) is 95.9 Å². The lowest BCUT2D eigenvalue weighted by atomic mass is 9.66. The maximum absolute atomic E-state index is 13.6. The van der Waals surface area contributed by atoms with Crippen LogP contribution in [0.1, 0.15) is 65.7 Å². The number of nitrogens with zero attached hydrogens (tertiary/aromatic N) is 1. The molecule has 3 fully saturated rings. The molecule has 0 aromatic carbocycles. The van der Waals surface area contributed by atoms with Crippen molar-refractivity contribution in [1.29, 1.82) is 0 Å². The second kappa shape index (κ2) is 9.47. The fourth-order valence-electron chi connectivity index (χ4n) is 5.63. The molecule has 30 heavy (non-hydrogen) atoms. The Kier molecular flexibility index (Phi) is 7.38. The van der Waals surface area contributed by atoms with Crippen LogP contribution in [0.2, 0.25) is 0 Å². The number of carbonyl (C=O) groups excluding carboxylic acids is 3. The van der Waals surface area contributed by atoms with Crippen LogP contribution < -0.4 is 5.32 Å². The molecule has 3 aliphatic heterocycles. The Morgan fingerprint density at radius 2 is 2.00 bits per heavy atom. The molecule has 3 aliphatic rings. The van der Waals surface area contributed by atoms with Crippen LogP contribution in [0.5, 0.6) is 0 Å². The Hall–Kier alpha value is -1.28. The van der Waals surface area contributed by atoms with Crippen molar-refractivity contribution in [2.75, 3.05) is 26.3 Å². The van der Waals surface area contributed by atoms with E-state index in [9.17, 15) is 19.5 Å². The number of esters is 1. The van der Waals surface area contributed by atoms with Gasteiger partial charge in [0.1, 0.15) is 6.04 Å². The van der Waals surface area contributed by atoms with Gasteiger partial charge in [-0.05, 0) is 46.0 Å². The lowest BCUT2D eigenvalue weighted by Crippen LogP contribution is -2.53. The van der Waals surface area contributed by atoms with Crippen molar-refractivity contribution in [3.63, 3.8) is 0 Å². The molecule has 2 N–H and O–H groups in total. The van der Waals surface area contributed by atoms with Crippen molar-refractivity contribution in [2.45, 2.75) is 81.3 Å². The van der Waals surface area contributed by atoms with Gasteiger partial charge in [-0.2, -0.15) is 0 Å². The molecule has 7 nitrogen and oxygen atoms in total. The van der Waals surface area contributed by atoms with Crippen LogP contribution in [0, 0.1) is 11.8 Å². The SMILES string of the molecule is CCCCCNC(=O)C1N(CCCCO)C(=O)[C@@H]2[C@@H](C(=O)OCC)[C@@]3(C)CCC12S3. The van der Waals surface area contributed by atoms with Gasteiger partial charge < -0.3 is 20.1 Å². The number of likely N-dealkylation sites (tertiary alicyclic amines) is 1. The highest BCUT2D eigenvalue weighted by Crippen LogP contribution is 2.71. The van der Waals surface area contributed by atoms with Crippen molar-refractivity contribution in [1.82, 2.24) is 10.2 Å². The van der Waals surface area contributed by atoms with E-state index in [1.54, 1.807) is 23.6 Å². The average Bonchev–Trinajstić information content (AvgIpc) is 3.27. The van der Waals surface area contributed by atoms with Crippen LogP contribution in [-0.4, -0.2) is 69.6 Å². The Labute approximate surface area is 183 Å². The minimum Gasteiger partial charge on any atom is -0.466 e. The third-order valence-electron chi connectivity index (χ3n) is 6.95. The smallest absolute Gasteiger partial charge is 0.311 e. The highest BCUT2D eigenvalue weighted by atomic mass is 32.2. The summed E-state index contributed by atoms with van der Waals surface area (Å²) in [6.07, 6.45) is 5.82. The number of thioether (sulfide) groups is 1. The molecule has 170 valence electrons. The predicted octanol–water partition coefficient (Wildman–Crippen LogP) is 2.11. The number of carbonyl (C=O) groups is 3. The highest BCUT2D eigenvalue weighted by molar-refractivity contribution is 8.02. The van der Waals surface area contributed by atoms with Crippen LogP contribution in [0.3, 0.4) is 0 Å². The lowest BCUT2D eigenvalue weighted by Gasteiger charge is -2.34. The quantitative estimate of drug-likeness (QED) is 0.377. The number of ether oxygens (including phenoxy) is 1. The molecule has 0 saturated carbocycles. The van der Waals surface area contributed by atoms with E-state index in [4.69, 9.17) is 4.74 Å². The number of aliphatic hydroxyl groups excluding tert-OH is 1. The number of amides is 2. The summed E-state index contributed by atoms with van der Waals surface area (Å²) in [4.78, 5) is 41.5. The minimum atomic E-state index is -0.572. The molecule has 8 heteroatoms. The molecule has 2 amide bonds. The van der Waals surface area contributed by atoms with Crippen LogP contribution in [0.25, 0.3) is 0 Å². The van der Waals surface area contributed by atoms with E-state index in [2.05, 4.69) is 12.2 Å². The molecule has 0 aromatic heterocycles. The number of rotatable bonds is 11. The van der Waals surface area contributed by atoms with Gasteiger partial charge in [0, 0.05) is 24.4 Å². The predicted molar refractivity (Wildman–Crippen MR) is 116 cm³/mol. The minimum absolute atomic E-state index is 0.0583. The van der Waals surface area contributed by atoms with E-state index < -0.39 is 22.6 Å². The summed E-state index contributed by atoms with van der Waals surface area (Å²) < 4.78 is 4.42. The summed E-state index contributed by atoms with van der Waals surface area (Å²) in [6, 6.07) is -0.568. The second-order valence-electron chi connectivity index (χ2n) is 8.94. The molecular formula is C22H36N2O5S. The van der Waals surface area contributed by atoms with Crippen molar-refractivity contribution in [2.24, 2.45) is 11.8 Å². The lowest BCUT2D eigenvalue weighted by molar-refractivity contribution is -0.155. The third kappa shape index (κ3) is 3.85. The van der Waals surface area contributed by atoms with Crippen LogP contribution in [0.15, 0.2) is 0 Å². The summed E-state index contributed by atoms with van der Waals surface area (Å²) in [5, 5.41) is 12.2. The zero-order valence-corrected chi connectivity index (χ0v) is 19.3. The van der Waals surface area contributed by atoms with Crippen molar-refractivity contribution >= 4 is 29.5 Å². The molecular weight excluding hydrogens is 404 g/mol. The number of unbranched alkanes of at least 4 members (excludes halogenated alkanes) is 3. The summed E-state index contributed by atoms with van der Waals surface area (Å²) in [6.45, 7) is 7.32.